The van der Waals surface area contributed by atoms with E-state index in [-0.39, 0.29) is 5.41 Å². The molecule has 2 aromatic heterocycles. The van der Waals surface area contributed by atoms with Crippen LogP contribution in [0.2, 0.25) is 0 Å². The molecule has 2 aromatic rings. The van der Waals surface area contributed by atoms with Crippen molar-refractivity contribution < 1.29 is 9.50 Å². The number of aromatic nitrogens is 2. The van der Waals surface area contributed by atoms with E-state index in [2.05, 4.69) is 30.7 Å². The summed E-state index contributed by atoms with van der Waals surface area (Å²) in [5.74, 6) is -0.401. The normalized spacial score (nSPS) is 15.0. The van der Waals surface area contributed by atoms with Crippen LogP contribution in [-0.4, -0.2) is 15.1 Å². The number of rotatable bonds is 4. The van der Waals surface area contributed by atoms with Gasteiger partial charge < -0.3 is 5.11 Å². The van der Waals surface area contributed by atoms with Crippen molar-refractivity contribution >= 4 is 11.3 Å². The molecule has 0 saturated heterocycles. The van der Waals surface area contributed by atoms with Gasteiger partial charge in [0.05, 0.1) is 22.6 Å². The first-order valence-corrected chi connectivity index (χ1v) is 7.92. The Balaban J connectivity index is 2.26. The largest absolute Gasteiger partial charge is 0.383 e. The minimum absolute atomic E-state index is 0.00674. The Morgan fingerprint density at radius 3 is 2.43 bits per heavy atom. The molecular weight excluding hydrogens is 287 g/mol. The Morgan fingerprint density at radius 1 is 1.24 bits per heavy atom. The molecule has 114 valence electrons. The maximum Gasteiger partial charge on any atom is 0.141 e. The lowest BCUT2D eigenvalue weighted by Gasteiger charge is -2.25. The Morgan fingerprint density at radius 2 is 1.95 bits per heavy atom. The summed E-state index contributed by atoms with van der Waals surface area (Å²) >= 11 is 1.54. The zero-order valence-corrected chi connectivity index (χ0v) is 13.7. The average molecular weight is 308 g/mol. The molecule has 0 fully saturated rings. The van der Waals surface area contributed by atoms with Crippen molar-refractivity contribution in [1.82, 2.24) is 9.97 Å². The van der Waals surface area contributed by atoms with Gasteiger partial charge in [-0.3, -0.25) is 4.98 Å². The number of halogens is 1. The minimum atomic E-state index is -1.11. The maximum absolute atomic E-state index is 13.0. The van der Waals surface area contributed by atoms with Crippen LogP contribution in [0.4, 0.5) is 4.39 Å². The minimum Gasteiger partial charge on any atom is -0.383 e. The van der Waals surface area contributed by atoms with Gasteiger partial charge in [-0.1, -0.05) is 27.7 Å². The monoisotopic (exact) mass is 308 g/mol. The third-order valence-corrected chi connectivity index (χ3v) is 4.40. The van der Waals surface area contributed by atoms with E-state index < -0.39 is 11.4 Å². The SMILES string of the molecule is CCC(O)(Cc1nc(C(C)(C)C)cs1)c1ccc(F)cn1. The first-order chi connectivity index (χ1) is 9.74. The van der Waals surface area contributed by atoms with Gasteiger partial charge in [0.2, 0.25) is 0 Å². The highest BCUT2D eigenvalue weighted by molar-refractivity contribution is 7.09. The van der Waals surface area contributed by atoms with Crippen molar-refractivity contribution in [1.29, 1.82) is 0 Å². The predicted octanol–water partition coefficient (Wildman–Crippen LogP) is 3.82. The van der Waals surface area contributed by atoms with Crippen molar-refractivity contribution in [2.75, 3.05) is 0 Å². The molecular formula is C16H21FN2OS. The molecule has 0 aliphatic heterocycles. The topological polar surface area (TPSA) is 46.0 Å². The fraction of sp³-hybridized carbons (Fsp3) is 0.500. The number of nitrogens with zero attached hydrogens (tertiary/aromatic N) is 2. The van der Waals surface area contributed by atoms with E-state index in [0.29, 0.717) is 18.5 Å². The van der Waals surface area contributed by atoms with Crippen LogP contribution in [0.15, 0.2) is 23.7 Å². The molecule has 21 heavy (non-hydrogen) atoms. The zero-order chi connectivity index (χ0) is 15.7. The van der Waals surface area contributed by atoms with Crippen LogP contribution in [0.5, 0.6) is 0 Å². The van der Waals surface area contributed by atoms with Crippen molar-refractivity contribution in [2.45, 2.75) is 51.6 Å². The molecule has 0 spiro atoms. The highest BCUT2D eigenvalue weighted by atomic mass is 32.1. The predicted molar refractivity (Wildman–Crippen MR) is 82.9 cm³/mol. The molecule has 2 rings (SSSR count). The van der Waals surface area contributed by atoms with E-state index in [9.17, 15) is 9.50 Å². The third-order valence-electron chi connectivity index (χ3n) is 3.55. The summed E-state index contributed by atoms with van der Waals surface area (Å²) in [5, 5.41) is 13.7. The standard InChI is InChI=1S/C16H21FN2OS/c1-5-16(20,12-7-6-11(17)9-18-12)8-14-19-13(10-21-14)15(2,3)4/h6-7,9-10,20H,5,8H2,1-4H3. The van der Waals surface area contributed by atoms with Gasteiger partial charge in [0.1, 0.15) is 11.4 Å². The molecule has 5 heteroatoms. The van der Waals surface area contributed by atoms with Crippen molar-refractivity contribution in [3.63, 3.8) is 0 Å². The van der Waals surface area contributed by atoms with Crippen LogP contribution in [0.25, 0.3) is 0 Å². The Labute approximate surface area is 128 Å². The van der Waals surface area contributed by atoms with Crippen LogP contribution in [0.1, 0.15) is 50.5 Å². The van der Waals surface area contributed by atoms with Crippen molar-refractivity contribution in [3.05, 3.63) is 45.9 Å². The lowest BCUT2D eigenvalue weighted by atomic mass is 9.91. The van der Waals surface area contributed by atoms with E-state index in [0.717, 1.165) is 16.9 Å². The average Bonchev–Trinajstić information content (AvgIpc) is 2.87. The summed E-state index contributed by atoms with van der Waals surface area (Å²) in [7, 11) is 0. The van der Waals surface area contributed by atoms with Gasteiger partial charge in [0, 0.05) is 17.2 Å². The van der Waals surface area contributed by atoms with Gasteiger partial charge in [-0.25, -0.2) is 9.37 Å². The van der Waals surface area contributed by atoms with Gasteiger partial charge in [-0.05, 0) is 18.6 Å². The second kappa shape index (κ2) is 5.81. The van der Waals surface area contributed by atoms with E-state index >= 15 is 0 Å². The van der Waals surface area contributed by atoms with Crippen LogP contribution in [-0.2, 0) is 17.4 Å². The molecule has 0 bridgehead atoms. The lowest BCUT2D eigenvalue weighted by molar-refractivity contribution is 0.0281. The molecule has 1 atom stereocenters. The molecule has 2 heterocycles. The number of hydrogen-bond donors (Lipinski definition) is 1. The van der Waals surface area contributed by atoms with Gasteiger partial charge in [-0.2, -0.15) is 0 Å². The summed E-state index contributed by atoms with van der Waals surface area (Å²) < 4.78 is 13.0. The van der Waals surface area contributed by atoms with E-state index in [4.69, 9.17) is 0 Å². The summed E-state index contributed by atoms with van der Waals surface area (Å²) in [6, 6.07) is 2.86. The molecule has 0 radical (unpaired) electrons. The highest BCUT2D eigenvalue weighted by Crippen LogP contribution is 2.31. The third kappa shape index (κ3) is 3.66. The Kier molecular flexibility index (Phi) is 4.44. The summed E-state index contributed by atoms with van der Waals surface area (Å²) in [6.45, 7) is 8.22. The van der Waals surface area contributed by atoms with E-state index in [1.807, 2.05) is 12.3 Å². The van der Waals surface area contributed by atoms with Crippen molar-refractivity contribution in [2.24, 2.45) is 0 Å². The van der Waals surface area contributed by atoms with Crippen LogP contribution >= 0.6 is 11.3 Å². The van der Waals surface area contributed by atoms with Crippen molar-refractivity contribution in [3.8, 4) is 0 Å². The van der Waals surface area contributed by atoms with Gasteiger partial charge in [-0.15, -0.1) is 11.3 Å². The van der Waals surface area contributed by atoms with Crippen LogP contribution < -0.4 is 0 Å². The van der Waals surface area contributed by atoms with E-state index in [1.165, 1.54) is 12.1 Å². The fourth-order valence-electron chi connectivity index (χ4n) is 2.03. The summed E-state index contributed by atoms with van der Waals surface area (Å²) in [4.78, 5) is 8.64. The molecule has 1 N–H and O–H groups in total. The number of pyridine rings is 1. The first kappa shape index (κ1) is 16.0. The number of hydrogen-bond acceptors (Lipinski definition) is 4. The molecule has 3 nitrogen and oxygen atoms in total. The molecule has 0 amide bonds. The van der Waals surface area contributed by atoms with Gasteiger partial charge in [0.15, 0.2) is 0 Å². The molecule has 1 unspecified atom stereocenters. The quantitative estimate of drug-likeness (QED) is 0.934. The summed E-state index contributed by atoms with van der Waals surface area (Å²) in [6.07, 6.45) is 2.03. The number of aliphatic hydroxyl groups is 1. The molecule has 0 saturated carbocycles. The number of thiazole rings is 1. The zero-order valence-electron chi connectivity index (χ0n) is 12.9. The Hall–Kier alpha value is -1.33. The molecule has 0 aliphatic carbocycles. The van der Waals surface area contributed by atoms with Gasteiger partial charge >= 0.3 is 0 Å². The van der Waals surface area contributed by atoms with Crippen LogP contribution in [0, 0.1) is 5.82 Å². The smallest absolute Gasteiger partial charge is 0.141 e. The summed E-state index contributed by atoms with van der Waals surface area (Å²) in [5.41, 5.74) is 0.389. The highest BCUT2D eigenvalue weighted by Gasteiger charge is 2.31. The maximum atomic E-state index is 13.0. The first-order valence-electron chi connectivity index (χ1n) is 7.04. The fourth-order valence-corrected chi connectivity index (χ4v) is 3.16. The lowest BCUT2D eigenvalue weighted by Crippen LogP contribution is -2.29. The van der Waals surface area contributed by atoms with Crippen LogP contribution in [0.3, 0.4) is 0 Å². The molecule has 0 aliphatic rings. The van der Waals surface area contributed by atoms with E-state index in [1.54, 1.807) is 11.3 Å². The Bertz CT molecular complexity index is 603. The molecule has 0 aromatic carbocycles. The van der Waals surface area contributed by atoms with Gasteiger partial charge in [0.25, 0.3) is 0 Å². The second-order valence-corrected chi connectivity index (χ2v) is 7.24. The second-order valence-electron chi connectivity index (χ2n) is 6.30.